The van der Waals surface area contributed by atoms with E-state index in [0.717, 1.165) is 6.42 Å². The topological polar surface area (TPSA) is 38.9 Å². The summed E-state index contributed by atoms with van der Waals surface area (Å²) in [6, 6.07) is 10.7. The summed E-state index contributed by atoms with van der Waals surface area (Å²) in [5.41, 5.74) is 6.96. The minimum atomic E-state index is 0. The van der Waals surface area contributed by atoms with E-state index in [1.54, 1.807) is 0 Å². The average molecular weight is 498 g/mol. The molecule has 0 saturated heterocycles. The summed E-state index contributed by atoms with van der Waals surface area (Å²) in [5, 5.41) is 0. The molecule has 0 aliphatic carbocycles. The van der Waals surface area contributed by atoms with Crippen LogP contribution >= 0.6 is 24.0 Å². The van der Waals surface area contributed by atoms with Gasteiger partial charge in [0.15, 0.2) is 11.9 Å². The minimum absolute atomic E-state index is 0. The molecule has 1 heterocycles. The lowest BCUT2D eigenvalue weighted by atomic mass is 9.98. The molecule has 0 atom stereocenters. The fourth-order valence-electron chi connectivity index (χ4n) is 2.20. The number of benzene rings is 1. The van der Waals surface area contributed by atoms with Crippen LogP contribution in [0.5, 0.6) is 0 Å². The molecule has 3 N–H and O–H groups in total. The lowest BCUT2D eigenvalue weighted by Crippen LogP contribution is -3.00. The zero-order valence-corrected chi connectivity index (χ0v) is 17.1. The smallest absolute Gasteiger partial charge is 0.181 e. The van der Waals surface area contributed by atoms with Crippen LogP contribution in [-0.2, 0) is 13.5 Å². The van der Waals surface area contributed by atoms with Crippen molar-refractivity contribution in [2.75, 3.05) is 0 Å². The molecule has 2 aromatic rings. The van der Waals surface area contributed by atoms with Crippen LogP contribution in [0.2, 0.25) is 0 Å². The Morgan fingerprint density at radius 3 is 2.05 bits per heavy atom. The standard InChI is InChI=1S/C16H20N.2HI.H3N/c1-12-13(2)16(11-17(4)14(12)3)10-15-8-6-5-7-9-15;;;/h5-9,11H,10H2,1-4H3;2*1H;1H3/q+1;;;/p-1. The Hall–Kier alpha value is -0.210. The van der Waals surface area contributed by atoms with Gasteiger partial charge in [-0.2, -0.15) is 0 Å². The molecule has 0 aliphatic heterocycles. The van der Waals surface area contributed by atoms with E-state index in [4.69, 9.17) is 0 Å². The van der Waals surface area contributed by atoms with E-state index in [1.165, 1.54) is 27.9 Å². The molecule has 0 saturated carbocycles. The Labute approximate surface area is 156 Å². The minimum Gasteiger partial charge on any atom is -1.00 e. The predicted molar refractivity (Wildman–Crippen MR) is 91.5 cm³/mol. The summed E-state index contributed by atoms with van der Waals surface area (Å²) in [7, 11) is 2.12. The number of aromatic nitrogens is 1. The Balaban J connectivity index is 0. The van der Waals surface area contributed by atoms with Crippen molar-refractivity contribution in [2.24, 2.45) is 7.05 Å². The highest BCUT2D eigenvalue weighted by Crippen LogP contribution is 2.17. The first-order chi connectivity index (χ1) is 8.09. The predicted octanol–water partition coefficient (Wildman–Crippen LogP) is 0.811. The van der Waals surface area contributed by atoms with E-state index in [2.05, 4.69) is 68.9 Å². The number of pyridine rings is 1. The Morgan fingerprint density at radius 2 is 1.50 bits per heavy atom. The number of hydrogen-bond donors (Lipinski definition) is 1. The van der Waals surface area contributed by atoms with Gasteiger partial charge in [-0.25, -0.2) is 4.57 Å². The summed E-state index contributed by atoms with van der Waals surface area (Å²) in [6.07, 6.45) is 3.27. The quantitative estimate of drug-likeness (QED) is 0.484. The van der Waals surface area contributed by atoms with Crippen LogP contribution in [0.3, 0.4) is 0 Å². The maximum absolute atomic E-state index is 2.25. The molecule has 0 radical (unpaired) electrons. The fraction of sp³-hybridized carbons (Fsp3) is 0.312. The van der Waals surface area contributed by atoms with Crippen LogP contribution < -0.4 is 34.7 Å². The summed E-state index contributed by atoms with van der Waals surface area (Å²) in [4.78, 5) is 0. The molecule has 0 bridgehead atoms. The number of halogens is 2. The molecule has 112 valence electrons. The normalized spacial score (nSPS) is 9.00. The van der Waals surface area contributed by atoms with Gasteiger partial charge in [0.1, 0.15) is 7.05 Å². The summed E-state index contributed by atoms with van der Waals surface area (Å²) in [6.45, 7) is 6.61. The van der Waals surface area contributed by atoms with E-state index < -0.39 is 0 Å². The van der Waals surface area contributed by atoms with Gasteiger partial charge in [-0.3, -0.25) is 0 Å². The van der Waals surface area contributed by atoms with E-state index >= 15 is 0 Å². The molecular weight excluding hydrogens is 474 g/mol. The van der Waals surface area contributed by atoms with Gasteiger partial charge in [-0.1, -0.05) is 30.3 Å². The Kier molecular flexibility index (Phi) is 10.7. The van der Waals surface area contributed by atoms with Crippen LogP contribution in [0.4, 0.5) is 0 Å². The third-order valence-corrected chi connectivity index (χ3v) is 3.70. The lowest BCUT2D eigenvalue weighted by molar-refractivity contribution is -0.678. The third-order valence-electron chi connectivity index (χ3n) is 3.70. The van der Waals surface area contributed by atoms with Gasteiger partial charge < -0.3 is 30.1 Å². The highest BCUT2D eigenvalue weighted by atomic mass is 127. The van der Waals surface area contributed by atoms with E-state index in [-0.39, 0.29) is 54.1 Å². The van der Waals surface area contributed by atoms with Gasteiger partial charge in [0.2, 0.25) is 0 Å². The van der Waals surface area contributed by atoms with E-state index in [1.807, 2.05) is 0 Å². The molecule has 1 aromatic carbocycles. The van der Waals surface area contributed by atoms with Gasteiger partial charge in [0.25, 0.3) is 0 Å². The zero-order valence-electron chi connectivity index (χ0n) is 12.6. The van der Waals surface area contributed by atoms with Gasteiger partial charge in [-0.15, -0.1) is 24.0 Å². The first-order valence-electron chi connectivity index (χ1n) is 6.09. The van der Waals surface area contributed by atoms with E-state index in [9.17, 15) is 0 Å². The van der Waals surface area contributed by atoms with Gasteiger partial charge in [-0.05, 0) is 25.0 Å². The van der Waals surface area contributed by atoms with Crippen molar-refractivity contribution in [3.05, 3.63) is 64.5 Å². The zero-order chi connectivity index (χ0) is 12.4. The van der Waals surface area contributed by atoms with Crippen molar-refractivity contribution in [3.8, 4) is 0 Å². The van der Waals surface area contributed by atoms with E-state index in [0.29, 0.717) is 0 Å². The molecule has 0 amide bonds. The molecule has 0 spiro atoms. The van der Waals surface area contributed by atoms with Crippen LogP contribution in [0.15, 0.2) is 36.5 Å². The molecule has 1 aromatic heterocycles. The highest BCUT2D eigenvalue weighted by molar-refractivity contribution is 14.0. The lowest BCUT2D eigenvalue weighted by Gasteiger charge is -2.09. The van der Waals surface area contributed by atoms with Gasteiger partial charge >= 0.3 is 0 Å². The second-order valence-corrected chi connectivity index (χ2v) is 4.76. The Morgan fingerprint density at radius 1 is 0.950 bits per heavy atom. The third kappa shape index (κ3) is 4.96. The van der Waals surface area contributed by atoms with Crippen molar-refractivity contribution in [1.82, 2.24) is 6.15 Å². The first kappa shape index (κ1) is 22.1. The SMILES string of the molecule is Cc1c(Cc2ccccc2)c[n+](C)c(C)c1C.I.N.[I-]. The second-order valence-electron chi connectivity index (χ2n) is 4.76. The summed E-state index contributed by atoms with van der Waals surface area (Å²) in [5.74, 6) is 0. The van der Waals surface area contributed by atoms with Gasteiger partial charge in [0, 0.05) is 24.5 Å². The highest BCUT2D eigenvalue weighted by Gasteiger charge is 2.13. The van der Waals surface area contributed by atoms with Crippen molar-refractivity contribution in [2.45, 2.75) is 27.2 Å². The average Bonchev–Trinajstić information content (AvgIpc) is 2.35. The van der Waals surface area contributed by atoms with Crippen LogP contribution in [-0.4, -0.2) is 0 Å². The molecule has 0 unspecified atom stereocenters. The maximum atomic E-state index is 2.25. The summed E-state index contributed by atoms with van der Waals surface area (Å²) >= 11 is 0. The molecule has 0 fully saturated rings. The number of rotatable bonds is 2. The Bertz CT molecular complexity index is 540. The first-order valence-corrected chi connectivity index (χ1v) is 6.09. The van der Waals surface area contributed by atoms with Crippen molar-refractivity contribution in [1.29, 1.82) is 0 Å². The molecule has 2 rings (SSSR count). The molecule has 0 aliphatic rings. The van der Waals surface area contributed by atoms with Gasteiger partial charge in [0.05, 0.1) is 0 Å². The van der Waals surface area contributed by atoms with Crippen molar-refractivity contribution < 1.29 is 28.5 Å². The van der Waals surface area contributed by atoms with Crippen LogP contribution in [0.1, 0.15) is 27.9 Å². The molecule has 20 heavy (non-hydrogen) atoms. The monoisotopic (exact) mass is 498 g/mol. The van der Waals surface area contributed by atoms with Crippen molar-refractivity contribution in [3.63, 3.8) is 0 Å². The molecular formula is C16H24I2N2. The fourth-order valence-corrected chi connectivity index (χ4v) is 2.20. The second kappa shape index (κ2) is 9.68. The largest absolute Gasteiger partial charge is 1.00 e. The summed E-state index contributed by atoms with van der Waals surface area (Å²) < 4.78 is 2.22. The maximum Gasteiger partial charge on any atom is 0.181 e. The molecule has 4 heteroatoms. The van der Waals surface area contributed by atoms with Crippen molar-refractivity contribution >= 4 is 24.0 Å². The number of nitrogens with zero attached hydrogens (tertiary/aromatic N) is 1. The van der Waals surface area contributed by atoms with Crippen LogP contribution in [0, 0.1) is 20.8 Å². The number of aryl methyl sites for hydroxylation is 1. The number of hydrogen-bond acceptors (Lipinski definition) is 1. The molecule has 2 nitrogen and oxygen atoms in total. The van der Waals surface area contributed by atoms with Crippen LogP contribution in [0.25, 0.3) is 0 Å².